The second kappa shape index (κ2) is 3.95. The molecule has 0 aromatic rings. The van der Waals surface area contributed by atoms with Gasteiger partial charge in [0.25, 0.3) is 0 Å². The number of carbonyl (C=O) groups is 1. The first-order valence-corrected chi connectivity index (χ1v) is 4.10. The van der Waals surface area contributed by atoms with Gasteiger partial charge in [-0.2, -0.15) is 0 Å². The van der Waals surface area contributed by atoms with Crippen LogP contribution in [0.5, 0.6) is 0 Å². The summed E-state index contributed by atoms with van der Waals surface area (Å²) in [5, 5.41) is 0. The first kappa shape index (κ1) is 8.84. The van der Waals surface area contributed by atoms with Crippen LogP contribution >= 0.6 is 0 Å². The Bertz CT molecular complexity index is 221. The number of nitrogens with zero attached hydrogens (tertiary/aromatic N) is 2. The second-order valence-corrected chi connectivity index (χ2v) is 2.72. The smallest absolute Gasteiger partial charge is 0.324 e. The maximum Gasteiger partial charge on any atom is 0.324 e. The van der Waals surface area contributed by atoms with Gasteiger partial charge in [0.1, 0.15) is 0 Å². The van der Waals surface area contributed by atoms with Crippen LogP contribution in [-0.2, 0) is 0 Å². The SMILES string of the molecule is CCN(C)C(=O)N1C=CC=CC1. The van der Waals surface area contributed by atoms with E-state index in [2.05, 4.69) is 0 Å². The van der Waals surface area contributed by atoms with Crippen molar-refractivity contribution >= 4 is 6.03 Å². The lowest BCUT2D eigenvalue weighted by atomic mass is 10.3. The molecule has 0 spiro atoms. The number of hydrogen-bond acceptors (Lipinski definition) is 1. The Balaban J connectivity index is 2.53. The van der Waals surface area contributed by atoms with Gasteiger partial charge in [0.05, 0.1) is 0 Å². The third kappa shape index (κ3) is 1.87. The van der Waals surface area contributed by atoms with Crippen LogP contribution in [0.25, 0.3) is 0 Å². The molecule has 1 rings (SSSR count). The molecular formula is C9H14N2O. The lowest BCUT2D eigenvalue weighted by Gasteiger charge is -2.24. The zero-order valence-electron chi connectivity index (χ0n) is 7.53. The van der Waals surface area contributed by atoms with Crippen molar-refractivity contribution in [2.24, 2.45) is 0 Å². The Morgan fingerprint density at radius 2 is 2.33 bits per heavy atom. The Kier molecular flexibility index (Phi) is 2.91. The number of allylic oxidation sites excluding steroid dienone is 2. The molecule has 0 aromatic carbocycles. The normalized spacial score (nSPS) is 15.0. The number of amides is 2. The molecule has 0 atom stereocenters. The largest absolute Gasteiger partial charge is 0.328 e. The van der Waals surface area contributed by atoms with Gasteiger partial charge < -0.3 is 4.90 Å². The summed E-state index contributed by atoms with van der Waals surface area (Å²) in [5.74, 6) is 0. The minimum Gasteiger partial charge on any atom is -0.328 e. The average molecular weight is 166 g/mol. The van der Waals surface area contributed by atoms with E-state index < -0.39 is 0 Å². The van der Waals surface area contributed by atoms with E-state index in [-0.39, 0.29) is 6.03 Å². The lowest BCUT2D eigenvalue weighted by molar-refractivity contribution is 0.185. The summed E-state index contributed by atoms with van der Waals surface area (Å²) in [6.07, 6.45) is 7.57. The minimum absolute atomic E-state index is 0.0538. The molecule has 0 fully saturated rings. The van der Waals surface area contributed by atoms with Gasteiger partial charge in [0, 0.05) is 26.3 Å². The first-order valence-electron chi connectivity index (χ1n) is 4.10. The third-order valence-corrected chi connectivity index (χ3v) is 1.86. The van der Waals surface area contributed by atoms with E-state index in [4.69, 9.17) is 0 Å². The molecule has 0 saturated carbocycles. The van der Waals surface area contributed by atoms with Gasteiger partial charge in [0.15, 0.2) is 0 Å². The van der Waals surface area contributed by atoms with E-state index >= 15 is 0 Å². The first-order chi connectivity index (χ1) is 5.75. The van der Waals surface area contributed by atoms with Crippen LogP contribution in [0.15, 0.2) is 24.4 Å². The lowest BCUT2D eigenvalue weighted by Crippen LogP contribution is -2.38. The molecule has 0 N–H and O–H groups in total. The van der Waals surface area contributed by atoms with Crippen LogP contribution in [0.2, 0.25) is 0 Å². The van der Waals surface area contributed by atoms with Gasteiger partial charge in [-0.15, -0.1) is 0 Å². The highest BCUT2D eigenvalue weighted by Crippen LogP contribution is 2.02. The van der Waals surface area contributed by atoms with Crippen LogP contribution in [0.1, 0.15) is 6.92 Å². The standard InChI is InChI=1S/C9H14N2O/c1-3-10(2)9(12)11-7-5-4-6-8-11/h4-7H,3,8H2,1-2H3. The summed E-state index contributed by atoms with van der Waals surface area (Å²) in [4.78, 5) is 14.9. The van der Waals surface area contributed by atoms with Gasteiger partial charge in [-0.25, -0.2) is 4.79 Å². The van der Waals surface area contributed by atoms with Gasteiger partial charge >= 0.3 is 6.03 Å². The molecular weight excluding hydrogens is 152 g/mol. The number of rotatable bonds is 1. The van der Waals surface area contributed by atoms with Gasteiger partial charge in [-0.05, 0) is 13.0 Å². The van der Waals surface area contributed by atoms with Crippen molar-refractivity contribution in [3.05, 3.63) is 24.4 Å². The Morgan fingerprint density at radius 3 is 2.83 bits per heavy atom. The molecule has 12 heavy (non-hydrogen) atoms. The second-order valence-electron chi connectivity index (χ2n) is 2.72. The topological polar surface area (TPSA) is 23.6 Å². The van der Waals surface area contributed by atoms with E-state index in [0.29, 0.717) is 6.54 Å². The van der Waals surface area contributed by atoms with E-state index in [1.54, 1.807) is 23.0 Å². The molecule has 1 aliphatic rings. The van der Waals surface area contributed by atoms with Crippen LogP contribution in [-0.4, -0.2) is 36.0 Å². The molecule has 1 heterocycles. The fourth-order valence-corrected chi connectivity index (χ4v) is 0.964. The van der Waals surface area contributed by atoms with Gasteiger partial charge in [-0.3, -0.25) is 4.90 Å². The predicted octanol–water partition coefficient (Wildman–Crippen LogP) is 1.44. The van der Waals surface area contributed by atoms with Crippen molar-refractivity contribution in [2.45, 2.75) is 6.92 Å². The van der Waals surface area contributed by atoms with Crippen LogP contribution in [0, 0.1) is 0 Å². The zero-order chi connectivity index (χ0) is 8.97. The maximum absolute atomic E-state index is 11.5. The van der Waals surface area contributed by atoms with Crippen LogP contribution < -0.4 is 0 Å². The molecule has 0 unspecified atom stereocenters. The number of hydrogen-bond donors (Lipinski definition) is 0. The molecule has 0 aromatic heterocycles. The van der Waals surface area contributed by atoms with E-state index in [9.17, 15) is 4.79 Å². The summed E-state index contributed by atoms with van der Waals surface area (Å²) in [6, 6.07) is 0.0538. The zero-order valence-corrected chi connectivity index (χ0v) is 7.53. The van der Waals surface area contributed by atoms with E-state index in [1.807, 2.05) is 25.2 Å². The molecule has 2 amide bonds. The molecule has 1 aliphatic heterocycles. The molecule has 0 aliphatic carbocycles. The van der Waals surface area contributed by atoms with Crippen molar-refractivity contribution < 1.29 is 4.79 Å². The Labute approximate surface area is 73.0 Å². The predicted molar refractivity (Wildman–Crippen MR) is 48.7 cm³/mol. The molecule has 0 saturated heterocycles. The van der Waals surface area contributed by atoms with Gasteiger partial charge in [0.2, 0.25) is 0 Å². The number of carbonyl (C=O) groups excluding carboxylic acids is 1. The molecule has 3 heteroatoms. The van der Waals surface area contributed by atoms with Gasteiger partial charge in [-0.1, -0.05) is 12.2 Å². The number of urea groups is 1. The fraction of sp³-hybridized carbons (Fsp3) is 0.444. The third-order valence-electron chi connectivity index (χ3n) is 1.86. The van der Waals surface area contributed by atoms with E-state index in [1.165, 1.54) is 0 Å². The summed E-state index contributed by atoms with van der Waals surface area (Å²) in [5.41, 5.74) is 0. The Hall–Kier alpha value is -1.25. The van der Waals surface area contributed by atoms with Crippen molar-refractivity contribution in [1.29, 1.82) is 0 Å². The fourth-order valence-electron chi connectivity index (χ4n) is 0.964. The van der Waals surface area contributed by atoms with Crippen molar-refractivity contribution in [1.82, 2.24) is 9.80 Å². The van der Waals surface area contributed by atoms with Crippen LogP contribution in [0.3, 0.4) is 0 Å². The summed E-state index contributed by atoms with van der Waals surface area (Å²) in [6.45, 7) is 3.38. The van der Waals surface area contributed by atoms with Crippen LogP contribution in [0.4, 0.5) is 4.79 Å². The highest BCUT2D eigenvalue weighted by Gasteiger charge is 2.13. The average Bonchev–Trinajstić information content (AvgIpc) is 2.17. The minimum atomic E-state index is 0.0538. The highest BCUT2D eigenvalue weighted by molar-refractivity contribution is 5.75. The summed E-state index contributed by atoms with van der Waals surface area (Å²) >= 11 is 0. The summed E-state index contributed by atoms with van der Waals surface area (Å²) < 4.78 is 0. The van der Waals surface area contributed by atoms with Crippen molar-refractivity contribution in [2.75, 3.05) is 20.1 Å². The molecule has 0 bridgehead atoms. The summed E-state index contributed by atoms with van der Waals surface area (Å²) in [7, 11) is 1.80. The van der Waals surface area contributed by atoms with Crippen molar-refractivity contribution in [3.63, 3.8) is 0 Å². The molecule has 0 radical (unpaired) electrons. The maximum atomic E-state index is 11.5. The quantitative estimate of drug-likeness (QED) is 0.578. The molecule has 3 nitrogen and oxygen atoms in total. The van der Waals surface area contributed by atoms with E-state index in [0.717, 1.165) is 6.54 Å². The van der Waals surface area contributed by atoms with Crippen molar-refractivity contribution in [3.8, 4) is 0 Å². The monoisotopic (exact) mass is 166 g/mol. The Morgan fingerprint density at radius 1 is 1.58 bits per heavy atom. The highest BCUT2D eigenvalue weighted by atomic mass is 16.2. The molecule has 66 valence electrons.